The monoisotopic (exact) mass is 253 g/mol. The molecule has 0 radical (unpaired) electrons. The molecule has 0 heterocycles. The third kappa shape index (κ3) is 5.73. The van der Waals surface area contributed by atoms with E-state index >= 15 is 0 Å². The predicted molar refractivity (Wildman–Crippen MR) is 81.9 cm³/mol. The Morgan fingerprint density at radius 1 is 1.11 bits per heavy atom. The first-order chi connectivity index (χ1) is 8.67. The van der Waals surface area contributed by atoms with Crippen molar-refractivity contribution in [2.75, 3.05) is 6.54 Å². The standard InChI is InChI=1S/C17H35N/c1-5-8-15-11-12-17(18-6-2)16(13-15)10-7-9-14(3)4/h14-18H,5-13H2,1-4H3. The summed E-state index contributed by atoms with van der Waals surface area (Å²) in [6.45, 7) is 10.4. The van der Waals surface area contributed by atoms with E-state index in [9.17, 15) is 0 Å². The van der Waals surface area contributed by atoms with Gasteiger partial charge in [0.05, 0.1) is 0 Å². The van der Waals surface area contributed by atoms with Crippen molar-refractivity contribution in [2.45, 2.75) is 85.1 Å². The van der Waals surface area contributed by atoms with Crippen LogP contribution in [0.25, 0.3) is 0 Å². The van der Waals surface area contributed by atoms with Gasteiger partial charge in [-0.2, -0.15) is 0 Å². The fourth-order valence-electron chi connectivity index (χ4n) is 3.67. The molecule has 1 nitrogen and oxygen atoms in total. The first-order valence-electron chi connectivity index (χ1n) is 8.40. The van der Waals surface area contributed by atoms with Crippen LogP contribution in [0.2, 0.25) is 0 Å². The highest BCUT2D eigenvalue weighted by molar-refractivity contribution is 4.84. The Balaban J connectivity index is 2.38. The third-order valence-electron chi connectivity index (χ3n) is 4.61. The van der Waals surface area contributed by atoms with Crippen LogP contribution in [0.4, 0.5) is 0 Å². The molecular weight excluding hydrogens is 218 g/mol. The van der Waals surface area contributed by atoms with Gasteiger partial charge in [0.2, 0.25) is 0 Å². The third-order valence-corrected chi connectivity index (χ3v) is 4.61. The maximum absolute atomic E-state index is 3.74. The molecule has 1 rings (SSSR count). The molecule has 0 spiro atoms. The fraction of sp³-hybridized carbons (Fsp3) is 1.00. The van der Waals surface area contributed by atoms with E-state index in [4.69, 9.17) is 0 Å². The summed E-state index contributed by atoms with van der Waals surface area (Å²) in [5.74, 6) is 2.85. The molecule has 0 saturated heterocycles. The van der Waals surface area contributed by atoms with Crippen LogP contribution >= 0.6 is 0 Å². The molecule has 3 atom stereocenters. The van der Waals surface area contributed by atoms with Crippen LogP contribution in [0, 0.1) is 17.8 Å². The molecule has 0 aromatic carbocycles. The second kappa shape index (κ2) is 8.96. The number of hydrogen-bond acceptors (Lipinski definition) is 1. The quantitative estimate of drug-likeness (QED) is 0.641. The van der Waals surface area contributed by atoms with Crippen LogP contribution < -0.4 is 5.32 Å². The highest BCUT2D eigenvalue weighted by Gasteiger charge is 2.28. The van der Waals surface area contributed by atoms with Crippen molar-refractivity contribution in [3.63, 3.8) is 0 Å². The zero-order valence-electron chi connectivity index (χ0n) is 13.2. The molecule has 1 heteroatoms. The minimum absolute atomic E-state index is 0.815. The number of nitrogens with one attached hydrogen (secondary N) is 1. The Kier molecular flexibility index (Phi) is 7.97. The average molecular weight is 253 g/mol. The molecule has 1 aliphatic carbocycles. The van der Waals surface area contributed by atoms with Crippen LogP contribution in [0.3, 0.4) is 0 Å². The average Bonchev–Trinajstić information content (AvgIpc) is 2.32. The Bertz CT molecular complexity index is 200. The minimum Gasteiger partial charge on any atom is -0.314 e. The number of hydrogen-bond donors (Lipinski definition) is 1. The fourth-order valence-corrected chi connectivity index (χ4v) is 3.67. The Morgan fingerprint density at radius 2 is 1.89 bits per heavy atom. The van der Waals surface area contributed by atoms with Gasteiger partial charge in [0.25, 0.3) is 0 Å². The lowest BCUT2D eigenvalue weighted by Gasteiger charge is -2.37. The van der Waals surface area contributed by atoms with Crippen LogP contribution in [0.5, 0.6) is 0 Å². The molecule has 1 aliphatic rings. The summed E-state index contributed by atoms with van der Waals surface area (Å²) < 4.78 is 0. The molecule has 1 fully saturated rings. The van der Waals surface area contributed by atoms with Crippen molar-refractivity contribution < 1.29 is 0 Å². The summed E-state index contributed by atoms with van der Waals surface area (Å²) in [5, 5.41) is 3.74. The lowest BCUT2D eigenvalue weighted by atomic mass is 9.74. The summed E-state index contributed by atoms with van der Waals surface area (Å²) in [7, 11) is 0. The van der Waals surface area contributed by atoms with Crippen LogP contribution in [-0.4, -0.2) is 12.6 Å². The lowest BCUT2D eigenvalue weighted by molar-refractivity contribution is 0.182. The van der Waals surface area contributed by atoms with Gasteiger partial charge in [-0.3, -0.25) is 0 Å². The maximum Gasteiger partial charge on any atom is 0.00954 e. The highest BCUT2D eigenvalue weighted by Crippen LogP contribution is 2.35. The van der Waals surface area contributed by atoms with Gasteiger partial charge in [-0.15, -0.1) is 0 Å². The number of rotatable bonds is 8. The maximum atomic E-state index is 3.74. The Morgan fingerprint density at radius 3 is 2.50 bits per heavy atom. The van der Waals surface area contributed by atoms with Crippen molar-refractivity contribution in [3.05, 3.63) is 0 Å². The Hall–Kier alpha value is -0.0400. The molecular formula is C17H35N. The van der Waals surface area contributed by atoms with Crippen molar-refractivity contribution in [1.82, 2.24) is 5.32 Å². The molecule has 0 aromatic heterocycles. The van der Waals surface area contributed by atoms with Crippen LogP contribution in [0.1, 0.15) is 79.1 Å². The Labute approximate surface area is 115 Å². The van der Waals surface area contributed by atoms with E-state index in [1.807, 2.05) is 0 Å². The van der Waals surface area contributed by atoms with Gasteiger partial charge in [-0.05, 0) is 50.0 Å². The van der Waals surface area contributed by atoms with Gasteiger partial charge in [0, 0.05) is 6.04 Å². The topological polar surface area (TPSA) is 12.0 Å². The molecule has 18 heavy (non-hydrogen) atoms. The predicted octanol–water partition coefficient (Wildman–Crippen LogP) is 5.01. The van der Waals surface area contributed by atoms with E-state index in [0.29, 0.717) is 0 Å². The first kappa shape index (κ1) is 16.0. The van der Waals surface area contributed by atoms with Crippen molar-refractivity contribution in [3.8, 4) is 0 Å². The van der Waals surface area contributed by atoms with Crippen molar-refractivity contribution in [2.24, 2.45) is 17.8 Å². The van der Waals surface area contributed by atoms with E-state index in [0.717, 1.165) is 30.3 Å². The van der Waals surface area contributed by atoms with Gasteiger partial charge in [-0.25, -0.2) is 0 Å². The van der Waals surface area contributed by atoms with Gasteiger partial charge >= 0.3 is 0 Å². The van der Waals surface area contributed by atoms with Crippen molar-refractivity contribution in [1.29, 1.82) is 0 Å². The molecule has 1 saturated carbocycles. The molecule has 0 aliphatic heterocycles. The molecule has 3 unspecified atom stereocenters. The summed E-state index contributed by atoms with van der Waals surface area (Å²) in [6.07, 6.45) is 11.5. The lowest BCUT2D eigenvalue weighted by Crippen LogP contribution is -2.40. The summed E-state index contributed by atoms with van der Waals surface area (Å²) >= 11 is 0. The second-order valence-electron chi connectivity index (χ2n) is 6.72. The highest BCUT2D eigenvalue weighted by atomic mass is 14.9. The summed E-state index contributed by atoms with van der Waals surface area (Å²) in [6, 6.07) is 0.815. The summed E-state index contributed by atoms with van der Waals surface area (Å²) in [5.41, 5.74) is 0. The smallest absolute Gasteiger partial charge is 0.00954 e. The van der Waals surface area contributed by atoms with Crippen molar-refractivity contribution >= 4 is 0 Å². The van der Waals surface area contributed by atoms with Gasteiger partial charge in [0.1, 0.15) is 0 Å². The van der Waals surface area contributed by atoms with E-state index in [1.165, 1.54) is 51.4 Å². The van der Waals surface area contributed by atoms with E-state index in [2.05, 4.69) is 33.0 Å². The van der Waals surface area contributed by atoms with E-state index in [-0.39, 0.29) is 0 Å². The summed E-state index contributed by atoms with van der Waals surface area (Å²) in [4.78, 5) is 0. The van der Waals surface area contributed by atoms with E-state index < -0.39 is 0 Å². The first-order valence-corrected chi connectivity index (χ1v) is 8.40. The molecule has 1 N–H and O–H groups in total. The largest absolute Gasteiger partial charge is 0.314 e. The normalized spacial score (nSPS) is 28.8. The second-order valence-corrected chi connectivity index (χ2v) is 6.72. The van der Waals surface area contributed by atoms with Crippen LogP contribution in [-0.2, 0) is 0 Å². The zero-order chi connectivity index (χ0) is 13.4. The molecule has 108 valence electrons. The van der Waals surface area contributed by atoms with Crippen LogP contribution in [0.15, 0.2) is 0 Å². The molecule has 0 amide bonds. The molecule has 0 aromatic rings. The molecule has 0 bridgehead atoms. The van der Waals surface area contributed by atoms with Gasteiger partial charge < -0.3 is 5.32 Å². The minimum atomic E-state index is 0.815. The zero-order valence-corrected chi connectivity index (χ0v) is 13.2. The van der Waals surface area contributed by atoms with E-state index in [1.54, 1.807) is 0 Å². The van der Waals surface area contributed by atoms with Gasteiger partial charge in [-0.1, -0.05) is 53.4 Å². The SMILES string of the molecule is CCCC1CCC(NCC)C(CCCC(C)C)C1. The van der Waals surface area contributed by atoms with Gasteiger partial charge in [0.15, 0.2) is 0 Å².